The standard InChI is InChI=1S/C19H21ClN2O3/c1-12-6-5-7-14(10-12)21-17(23)19(2,3)18(24)22-15-11-13(20)8-9-16(15)25-4/h5-11H,1-4H3,(H,21,23)(H,22,24). The van der Waals surface area contributed by atoms with E-state index in [2.05, 4.69) is 10.6 Å². The zero-order chi connectivity index (χ0) is 18.6. The molecule has 0 aliphatic carbocycles. The summed E-state index contributed by atoms with van der Waals surface area (Å²) >= 11 is 5.97. The van der Waals surface area contributed by atoms with E-state index in [-0.39, 0.29) is 0 Å². The van der Waals surface area contributed by atoms with Gasteiger partial charge in [0.25, 0.3) is 0 Å². The molecule has 0 heterocycles. The summed E-state index contributed by atoms with van der Waals surface area (Å²) in [6.45, 7) is 5.05. The van der Waals surface area contributed by atoms with Crippen LogP contribution in [0.1, 0.15) is 19.4 Å². The summed E-state index contributed by atoms with van der Waals surface area (Å²) < 4.78 is 5.21. The molecule has 25 heavy (non-hydrogen) atoms. The van der Waals surface area contributed by atoms with Crippen LogP contribution in [0.25, 0.3) is 0 Å². The van der Waals surface area contributed by atoms with Gasteiger partial charge in [-0.1, -0.05) is 23.7 Å². The summed E-state index contributed by atoms with van der Waals surface area (Å²) in [5.74, 6) is -0.401. The molecule has 0 aliphatic rings. The number of carbonyl (C=O) groups is 2. The number of amides is 2. The molecule has 2 aromatic rings. The normalized spacial score (nSPS) is 10.9. The van der Waals surface area contributed by atoms with Gasteiger partial charge in [-0.2, -0.15) is 0 Å². The average molecular weight is 361 g/mol. The van der Waals surface area contributed by atoms with Gasteiger partial charge in [-0.3, -0.25) is 9.59 Å². The lowest BCUT2D eigenvalue weighted by Crippen LogP contribution is -2.41. The first kappa shape index (κ1) is 18.8. The molecule has 0 atom stereocenters. The molecular formula is C19H21ClN2O3. The van der Waals surface area contributed by atoms with Crippen LogP contribution in [-0.2, 0) is 9.59 Å². The van der Waals surface area contributed by atoms with Gasteiger partial charge < -0.3 is 15.4 Å². The maximum Gasteiger partial charge on any atom is 0.239 e. The summed E-state index contributed by atoms with van der Waals surface area (Å²) in [6.07, 6.45) is 0. The average Bonchev–Trinajstić information content (AvgIpc) is 2.55. The minimum Gasteiger partial charge on any atom is -0.495 e. The van der Waals surface area contributed by atoms with Gasteiger partial charge >= 0.3 is 0 Å². The number of aryl methyl sites for hydroxylation is 1. The molecule has 2 N–H and O–H groups in total. The number of anilines is 2. The first-order valence-corrected chi connectivity index (χ1v) is 8.15. The first-order chi connectivity index (χ1) is 11.7. The van der Waals surface area contributed by atoms with Crippen LogP contribution in [0.15, 0.2) is 42.5 Å². The topological polar surface area (TPSA) is 67.4 Å². The van der Waals surface area contributed by atoms with Crippen molar-refractivity contribution >= 4 is 34.8 Å². The van der Waals surface area contributed by atoms with Crippen LogP contribution in [0.3, 0.4) is 0 Å². The van der Waals surface area contributed by atoms with Gasteiger partial charge in [0, 0.05) is 10.7 Å². The third-order valence-electron chi connectivity index (χ3n) is 3.82. The van der Waals surface area contributed by atoms with Gasteiger partial charge in [-0.15, -0.1) is 0 Å². The molecule has 0 aliphatic heterocycles. The second-order valence-corrected chi connectivity index (χ2v) is 6.68. The van der Waals surface area contributed by atoms with Crippen molar-refractivity contribution in [2.75, 3.05) is 17.7 Å². The van der Waals surface area contributed by atoms with Gasteiger partial charge in [0.1, 0.15) is 11.2 Å². The molecule has 2 aromatic carbocycles. The molecule has 2 amide bonds. The van der Waals surface area contributed by atoms with Gasteiger partial charge in [0.15, 0.2) is 0 Å². The SMILES string of the molecule is COc1ccc(Cl)cc1NC(=O)C(C)(C)C(=O)Nc1cccc(C)c1. The second kappa shape index (κ2) is 7.57. The van der Waals surface area contributed by atoms with E-state index in [1.165, 1.54) is 7.11 Å². The van der Waals surface area contributed by atoms with Gasteiger partial charge in [0.2, 0.25) is 11.8 Å². The zero-order valence-corrected chi connectivity index (χ0v) is 15.4. The van der Waals surface area contributed by atoms with Crippen molar-refractivity contribution in [3.05, 3.63) is 53.1 Å². The summed E-state index contributed by atoms with van der Waals surface area (Å²) in [5.41, 5.74) is 0.781. The Morgan fingerprint density at radius 2 is 1.72 bits per heavy atom. The number of benzene rings is 2. The van der Waals surface area contributed by atoms with Crippen LogP contribution in [0, 0.1) is 12.3 Å². The molecule has 0 fully saturated rings. The van der Waals surface area contributed by atoms with E-state index in [9.17, 15) is 9.59 Å². The fraction of sp³-hybridized carbons (Fsp3) is 0.263. The van der Waals surface area contributed by atoms with Crippen molar-refractivity contribution in [3.8, 4) is 5.75 Å². The predicted octanol–water partition coefficient (Wildman–Crippen LogP) is 4.26. The molecular weight excluding hydrogens is 340 g/mol. The predicted molar refractivity (Wildman–Crippen MR) is 100 cm³/mol. The van der Waals surface area contributed by atoms with Gasteiger partial charge in [-0.25, -0.2) is 0 Å². The van der Waals surface area contributed by atoms with Crippen molar-refractivity contribution in [1.82, 2.24) is 0 Å². The van der Waals surface area contributed by atoms with E-state index in [1.54, 1.807) is 38.1 Å². The molecule has 0 saturated carbocycles. The number of rotatable bonds is 5. The van der Waals surface area contributed by atoms with E-state index in [0.717, 1.165) is 5.56 Å². The third-order valence-corrected chi connectivity index (χ3v) is 4.06. The lowest BCUT2D eigenvalue weighted by molar-refractivity contribution is -0.135. The highest BCUT2D eigenvalue weighted by atomic mass is 35.5. The molecule has 132 valence electrons. The van der Waals surface area contributed by atoms with E-state index in [4.69, 9.17) is 16.3 Å². The third kappa shape index (κ3) is 4.51. The number of ether oxygens (including phenoxy) is 1. The minimum atomic E-state index is -1.29. The van der Waals surface area contributed by atoms with Crippen LogP contribution < -0.4 is 15.4 Å². The Balaban J connectivity index is 2.16. The zero-order valence-electron chi connectivity index (χ0n) is 14.6. The van der Waals surface area contributed by atoms with E-state index >= 15 is 0 Å². The Bertz CT molecular complexity index is 803. The smallest absolute Gasteiger partial charge is 0.239 e. The first-order valence-electron chi connectivity index (χ1n) is 7.77. The van der Waals surface area contributed by atoms with Gasteiger partial charge in [0.05, 0.1) is 12.8 Å². The Hall–Kier alpha value is -2.53. The molecule has 2 rings (SSSR count). The summed E-state index contributed by atoms with van der Waals surface area (Å²) in [6, 6.07) is 12.3. The van der Waals surface area contributed by atoms with E-state index < -0.39 is 17.2 Å². The number of halogens is 1. The Labute approximate surface area is 152 Å². The van der Waals surface area contributed by atoms with Crippen molar-refractivity contribution in [3.63, 3.8) is 0 Å². The lowest BCUT2D eigenvalue weighted by atomic mass is 9.90. The highest BCUT2D eigenvalue weighted by molar-refractivity contribution is 6.31. The summed E-state index contributed by atoms with van der Waals surface area (Å²) in [4.78, 5) is 25.2. The van der Waals surface area contributed by atoms with Crippen molar-refractivity contribution in [2.24, 2.45) is 5.41 Å². The molecule has 0 aromatic heterocycles. The van der Waals surface area contributed by atoms with Crippen molar-refractivity contribution < 1.29 is 14.3 Å². The quantitative estimate of drug-likeness (QED) is 0.783. The molecule has 0 bridgehead atoms. The number of hydrogen-bond donors (Lipinski definition) is 2. The van der Waals surface area contributed by atoms with E-state index in [0.29, 0.717) is 22.1 Å². The maximum absolute atomic E-state index is 12.6. The van der Waals surface area contributed by atoms with Crippen LogP contribution in [0.2, 0.25) is 5.02 Å². The molecule has 0 saturated heterocycles. The Kier molecular flexibility index (Phi) is 5.69. The monoisotopic (exact) mass is 360 g/mol. The highest BCUT2D eigenvalue weighted by Crippen LogP contribution is 2.30. The minimum absolute atomic E-state index is 0.406. The fourth-order valence-electron chi connectivity index (χ4n) is 2.17. The maximum atomic E-state index is 12.6. The molecule has 0 radical (unpaired) electrons. The second-order valence-electron chi connectivity index (χ2n) is 6.25. The molecule has 5 nitrogen and oxygen atoms in total. The largest absolute Gasteiger partial charge is 0.495 e. The summed E-state index contributed by atoms with van der Waals surface area (Å²) in [5, 5.41) is 5.94. The number of hydrogen-bond acceptors (Lipinski definition) is 3. The van der Waals surface area contributed by atoms with Crippen molar-refractivity contribution in [2.45, 2.75) is 20.8 Å². The van der Waals surface area contributed by atoms with Crippen molar-refractivity contribution in [1.29, 1.82) is 0 Å². The van der Waals surface area contributed by atoms with Crippen LogP contribution in [0.4, 0.5) is 11.4 Å². The van der Waals surface area contributed by atoms with Crippen LogP contribution >= 0.6 is 11.6 Å². The van der Waals surface area contributed by atoms with E-state index in [1.807, 2.05) is 25.1 Å². The number of methoxy groups -OCH3 is 1. The summed E-state index contributed by atoms with van der Waals surface area (Å²) in [7, 11) is 1.49. The number of carbonyl (C=O) groups excluding carboxylic acids is 2. The van der Waals surface area contributed by atoms with Crippen LogP contribution in [0.5, 0.6) is 5.75 Å². The molecule has 0 spiro atoms. The Morgan fingerprint density at radius 1 is 1.04 bits per heavy atom. The number of nitrogens with one attached hydrogen (secondary N) is 2. The molecule has 6 heteroatoms. The lowest BCUT2D eigenvalue weighted by Gasteiger charge is -2.23. The van der Waals surface area contributed by atoms with Gasteiger partial charge in [-0.05, 0) is 56.7 Å². The molecule has 0 unspecified atom stereocenters. The highest BCUT2D eigenvalue weighted by Gasteiger charge is 2.36. The Morgan fingerprint density at radius 3 is 2.36 bits per heavy atom. The van der Waals surface area contributed by atoms with Crippen LogP contribution in [-0.4, -0.2) is 18.9 Å². The fourth-order valence-corrected chi connectivity index (χ4v) is 2.34.